The van der Waals surface area contributed by atoms with Gasteiger partial charge in [0, 0.05) is 6.20 Å². The van der Waals surface area contributed by atoms with Crippen molar-refractivity contribution < 1.29 is 4.79 Å². The van der Waals surface area contributed by atoms with Crippen molar-refractivity contribution in [2.45, 2.75) is 31.1 Å². The minimum atomic E-state index is -0.462. The first-order valence-corrected chi connectivity index (χ1v) is 4.55. The predicted molar refractivity (Wildman–Crippen MR) is 47.9 cm³/mol. The zero-order valence-corrected chi connectivity index (χ0v) is 7.42. The normalized spacial score (nSPS) is 20.3. The quantitative estimate of drug-likeness (QED) is 0.701. The number of amides is 1. The fourth-order valence-corrected chi connectivity index (χ4v) is 2.15. The summed E-state index contributed by atoms with van der Waals surface area (Å²) in [4.78, 5) is 11.4. The first kappa shape index (κ1) is 8.29. The molecule has 0 bridgehead atoms. The molecular formula is C9H13N3O. The summed E-state index contributed by atoms with van der Waals surface area (Å²) in [6, 6.07) is 1.84. The van der Waals surface area contributed by atoms with Crippen molar-refractivity contribution in [3.63, 3.8) is 0 Å². The van der Waals surface area contributed by atoms with Gasteiger partial charge in [-0.05, 0) is 18.9 Å². The van der Waals surface area contributed by atoms with Crippen LogP contribution in [-0.2, 0) is 10.2 Å². The van der Waals surface area contributed by atoms with Gasteiger partial charge in [-0.3, -0.25) is 9.89 Å². The number of hydrogen-bond acceptors (Lipinski definition) is 2. The van der Waals surface area contributed by atoms with Crippen molar-refractivity contribution in [2.75, 3.05) is 0 Å². The lowest BCUT2D eigenvalue weighted by Gasteiger charge is -2.22. The molecule has 1 aliphatic carbocycles. The largest absolute Gasteiger partial charge is 0.369 e. The predicted octanol–water partition coefficient (Wildman–Crippen LogP) is 0.707. The fourth-order valence-electron chi connectivity index (χ4n) is 2.15. The molecule has 70 valence electrons. The molecule has 0 saturated heterocycles. The third kappa shape index (κ3) is 1.13. The molecule has 13 heavy (non-hydrogen) atoms. The Morgan fingerprint density at radius 1 is 1.54 bits per heavy atom. The zero-order valence-electron chi connectivity index (χ0n) is 7.42. The smallest absolute Gasteiger partial charge is 0.229 e. The maximum atomic E-state index is 11.4. The number of hydrogen-bond donors (Lipinski definition) is 2. The van der Waals surface area contributed by atoms with Gasteiger partial charge in [0.1, 0.15) is 0 Å². The highest BCUT2D eigenvalue weighted by molar-refractivity contribution is 5.86. The Labute approximate surface area is 76.5 Å². The number of nitrogens with zero attached hydrogens (tertiary/aromatic N) is 1. The second-order valence-electron chi connectivity index (χ2n) is 3.62. The van der Waals surface area contributed by atoms with E-state index in [1.807, 2.05) is 6.07 Å². The average molecular weight is 179 g/mol. The Morgan fingerprint density at radius 2 is 2.23 bits per heavy atom. The van der Waals surface area contributed by atoms with E-state index < -0.39 is 5.41 Å². The number of carbonyl (C=O) groups is 1. The topological polar surface area (TPSA) is 71.8 Å². The van der Waals surface area contributed by atoms with Crippen LogP contribution in [0.2, 0.25) is 0 Å². The van der Waals surface area contributed by atoms with Crippen LogP contribution in [0, 0.1) is 0 Å². The highest BCUT2D eigenvalue weighted by Crippen LogP contribution is 2.39. The molecule has 0 unspecified atom stereocenters. The summed E-state index contributed by atoms with van der Waals surface area (Å²) >= 11 is 0. The Kier molecular flexibility index (Phi) is 1.83. The number of aromatic amines is 1. The maximum Gasteiger partial charge on any atom is 0.229 e. The van der Waals surface area contributed by atoms with Crippen LogP contribution in [0.25, 0.3) is 0 Å². The van der Waals surface area contributed by atoms with Gasteiger partial charge in [-0.2, -0.15) is 5.10 Å². The highest BCUT2D eigenvalue weighted by atomic mass is 16.1. The van der Waals surface area contributed by atoms with Crippen molar-refractivity contribution in [3.05, 3.63) is 18.0 Å². The summed E-state index contributed by atoms with van der Waals surface area (Å²) in [7, 11) is 0. The number of aromatic nitrogens is 2. The standard InChI is InChI=1S/C9H13N3O/c10-8(13)9(4-1-2-5-9)7-3-6-11-12-7/h3,6H,1-2,4-5H2,(H2,10,13)(H,11,12). The van der Waals surface area contributed by atoms with E-state index in [-0.39, 0.29) is 5.91 Å². The van der Waals surface area contributed by atoms with Gasteiger partial charge in [-0.1, -0.05) is 12.8 Å². The lowest BCUT2D eigenvalue weighted by molar-refractivity contribution is -0.123. The Hall–Kier alpha value is -1.32. The van der Waals surface area contributed by atoms with Gasteiger partial charge < -0.3 is 5.73 Å². The van der Waals surface area contributed by atoms with E-state index >= 15 is 0 Å². The van der Waals surface area contributed by atoms with Crippen LogP contribution >= 0.6 is 0 Å². The van der Waals surface area contributed by atoms with Crippen LogP contribution in [0.15, 0.2) is 12.3 Å². The molecule has 0 spiro atoms. The van der Waals surface area contributed by atoms with E-state index in [0.29, 0.717) is 0 Å². The van der Waals surface area contributed by atoms with Gasteiger partial charge in [0.25, 0.3) is 0 Å². The van der Waals surface area contributed by atoms with E-state index in [4.69, 9.17) is 5.73 Å². The van der Waals surface area contributed by atoms with E-state index in [0.717, 1.165) is 31.4 Å². The molecule has 3 N–H and O–H groups in total. The molecule has 4 nitrogen and oxygen atoms in total. The lowest BCUT2D eigenvalue weighted by Crippen LogP contribution is -2.39. The summed E-state index contributed by atoms with van der Waals surface area (Å²) in [5.41, 5.74) is 5.85. The number of primary amides is 1. The van der Waals surface area contributed by atoms with Crippen molar-refractivity contribution in [2.24, 2.45) is 5.73 Å². The monoisotopic (exact) mass is 179 g/mol. The van der Waals surface area contributed by atoms with Gasteiger partial charge in [0.2, 0.25) is 5.91 Å². The lowest BCUT2D eigenvalue weighted by atomic mass is 9.82. The van der Waals surface area contributed by atoms with E-state index in [9.17, 15) is 4.79 Å². The van der Waals surface area contributed by atoms with Gasteiger partial charge >= 0.3 is 0 Å². The van der Waals surface area contributed by atoms with Crippen LogP contribution in [-0.4, -0.2) is 16.1 Å². The second kappa shape index (κ2) is 2.87. The maximum absolute atomic E-state index is 11.4. The molecule has 1 aliphatic rings. The van der Waals surface area contributed by atoms with Crippen LogP contribution in [0.3, 0.4) is 0 Å². The summed E-state index contributed by atoms with van der Waals surface area (Å²) in [6.45, 7) is 0. The molecule has 4 heteroatoms. The van der Waals surface area contributed by atoms with Crippen LogP contribution < -0.4 is 5.73 Å². The molecule has 2 rings (SSSR count). The van der Waals surface area contributed by atoms with E-state index in [2.05, 4.69) is 10.2 Å². The number of H-pyrrole nitrogens is 1. The Balaban J connectivity index is 2.39. The number of nitrogens with two attached hydrogens (primary N) is 1. The van der Waals surface area contributed by atoms with E-state index in [1.165, 1.54) is 0 Å². The van der Waals surface area contributed by atoms with Crippen LogP contribution in [0.4, 0.5) is 0 Å². The number of carbonyl (C=O) groups excluding carboxylic acids is 1. The first-order chi connectivity index (χ1) is 6.26. The SMILES string of the molecule is NC(=O)C1(c2ccn[nH]2)CCCC1. The molecule has 0 aromatic carbocycles. The third-order valence-corrected chi connectivity index (χ3v) is 2.95. The molecule has 1 amide bonds. The molecule has 0 aliphatic heterocycles. The van der Waals surface area contributed by atoms with Crippen molar-refractivity contribution >= 4 is 5.91 Å². The summed E-state index contributed by atoms with van der Waals surface area (Å²) in [5.74, 6) is -0.228. The summed E-state index contributed by atoms with van der Waals surface area (Å²) in [5, 5.41) is 6.71. The number of nitrogens with one attached hydrogen (secondary N) is 1. The summed E-state index contributed by atoms with van der Waals surface area (Å²) in [6.07, 6.45) is 5.51. The van der Waals surface area contributed by atoms with Gasteiger partial charge in [0.05, 0.1) is 11.1 Å². The molecular weight excluding hydrogens is 166 g/mol. The van der Waals surface area contributed by atoms with Crippen molar-refractivity contribution in [1.82, 2.24) is 10.2 Å². The van der Waals surface area contributed by atoms with Crippen LogP contribution in [0.5, 0.6) is 0 Å². The Bertz CT molecular complexity index is 299. The fraction of sp³-hybridized carbons (Fsp3) is 0.556. The van der Waals surface area contributed by atoms with Crippen molar-refractivity contribution in [1.29, 1.82) is 0 Å². The molecule has 0 atom stereocenters. The zero-order chi connectivity index (χ0) is 9.31. The van der Waals surface area contributed by atoms with Crippen molar-refractivity contribution in [3.8, 4) is 0 Å². The average Bonchev–Trinajstić information content (AvgIpc) is 2.75. The Morgan fingerprint density at radius 3 is 2.69 bits per heavy atom. The minimum absolute atomic E-state index is 0.228. The van der Waals surface area contributed by atoms with Gasteiger partial charge in [-0.15, -0.1) is 0 Å². The molecule has 1 aromatic heterocycles. The van der Waals surface area contributed by atoms with Crippen LogP contribution in [0.1, 0.15) is 31.4 Å². The molecule has 1 aromatic rings. The third-order valence-electron chi connectivity index (χ3n) is 2.95. The van der Waals surface area contributed by atoms with Gasteiger partial charge in [-0.25, -0.2) is 0 Å². The summed E-state index contributed by atoms with van der Waals surface area (Å²) < 4.78 is 0. The molecule has 1 saturated carbocycles. The number of rotatable bonds is 2. The molecule has 1 heterocycles. The van der Waals surface area contributed by atoms with E-state index in [1.54, 1.807) is 6.20 Å². The van der Waals surface area contributed by atoms with Gasteiger partial charge in [0.15, 0.2) is 0 Å². The second-order valence-corrected chi connectivity index (χ2v) is 3.62. The first-order valence-electron chi connectivity index (χ1n) is 4.55. The highest BCUT2D eigenvalue weighted by Gasteiger charge is 2.42. The minimum Gasteiger partial charge on any atom is -0.369 e. The molecule has 1 fully saturated rings. The molecule has 0 radical (unpaired) electrons.